The molecule has 0 aliphatic rings. The first-order valence-corrected chi connectivity index (χ1v) is 1.39. The van der Waals surface area contributed by atoms with E-state index >= 15 is 0 Å². The largest absolute Gasteiger partial charge is 0 e. The molecule has 0 aromatic rings. The van der Waals surface area contributed by atoms with Crippen molar-refractivity contribution in [3.63, 3.8) is 0 Å². The average Bonchev–Trinajstić information content (AvgIpc) is 1.00. The molecule has 4 heteroatoms. The monoisotopic (exact) mass is 397 g/mol. The molecule has 0 radical (unpaired) electrons. The first-order valence-electron chi connectivity index (χ1n) is 0.236. The molecule has 0 fully saturated rings. The Labute approximate surface area is 103 Å². The molecule has 0 aliphatic heterocycles. The van der Waals surface area contributed by atoms with Gasteiger partial charge >= 0.3 is 58.9 Å². The summed E-state index contributed by atoms with van der Waals surface area (Å²) in [5.74, 6) is 0. The Kier molecular flexibility index (Phi) is 63.7. The van der Waals surface area contributed by atoms with Crippen LogP contribution in [0.5, 0.6) is 0 Å². The minimum atomic E-state index is 0. The van der Waals surface area contributed by atoms with Crippen molar-refractivity contribution in [2.75, 3.05) is 0 Å². The van der Waals surface area contributed by atoms with Crippen LogP contribution in [-0.4, -0.2) is 25.8 Å². The van der Waals surface area contributed by atoms with E-state index in [2.05, 4.69) is 0 Å². The maximum Gasteiger partial charge on any atom is 0 e. The Hall–Kier alpha value is 3.29. The van der Waals surface area contributed by atoms with Crippen LogP contribution in [0.25, 0.3) is 0 Å². The fourth-order valence-corrected chi connectivity index (χ4v) is 0. The predicted molar refractivity (Wildman–Crippen MR) is 10.6 cm³/mol. The van der Waals surface area contributed by atoms with Crippen molar-refractivity contribution in [3.05, 3.63) is 0 Å². The van der Waals surface area contributed by atoms with Crippen molar-refractivity contribution in [2.45, 2.75) is 0 Å². The maximum atomic E-state index is 8.38. The van der Waals surface area contributed by atoms with Crippen LogP contribution in [0.15, 0.2) is 0 Å². The molecule has 0 saturated heterocycles. The van der Waals surface area contributed by atoms with Gasteiger partial charge in [0.25, 0.3) is 0 Å². The maximum absolute atomic E-state index is 8.38. The number of rotatable bonds is 0. The van der Waals surface area contributed by atoms with Crippen LogP contribution in [0.3, 0.4) is 0 Å². The van der Waals surface area contributed by atoms with Crippen LogP contribution < -0.4 is 0 Å². The van der Waals surface area contributed by atoms with Gasteiger partial charge < -0.3 is 0 Å². The van der Waals surface area contributed by atoms with E-state index in [1.165, 1.54) is 0 Å². The van der Waals surface area contributed by atoms with Gasteiger partial charge in [-0.2, -0.15) is 0 Å². The van der Waals surface area contributed by atoms with Crippen molar-refractivity contribution in [2.24, 2.45) is 0 Å². The van der Waals surface area contributed by atoms with Crippen LogP contribution in [0.4, 0.5) is 0 Å². The zero-order valence-electron chi connectivity index (χ0n) is 1.25. The van der Waals surface area contributed by atoms with Gasteiger partial charge in [0.2, 0.25) is 0 Å². The summed E-state index contributed by atoms with van der Waals surface area (Å²) in [6, 6.07) is 0. The smallest absolute Gasteiger partial charge is 0 e. The molecule has 0 saturated carbocycles. The van der Waals surface area contributed by atoms with E-state index in [1.54, 1.807) is 0 Å². The van der Waals surface area contributed by atoms with Crippen molar-refractivity contribution < 1.29 is 80.0 Å². The van der Waals surface area contributed by atoms with E-state index in [9.17, 15) is 0 Å². The summed E-state index contributed by atoms with van der Waals surface area (Å²) >= 11 is 0.100. The van der Waals surface area contributed by atoms with Gasteiger partial charge in [0.15, 0.2) is 0 Å². The van der Waals surface area contributed by atoms with E-state index in [4.69, 9.17) is 2.04 Å². The van der Waals surface area contributed by atoms with Gasteiger partial charge in [0.1, 0.15) is 0 Å². The van der Waals surface area contributed by atoms with Crippen LogP contribution >= 0.6 is 0 Å². The molecule has 0 spiro atoms. The van der Waals surface area contributed by atoms with E-state index in [0.29, 0.717) is 0 Å². The van der Waals surface area contributed by atoms with Crippen LogP contribution in [0.2, 0.25) is 0 Å². The van der Waals surface area contributed by atoms with Crippen molar-refractivity contribution in [1.82, 2.24) is 0 Å². The van der Waals surface area contributed by atoms with Crippen molar-refractivity contribution in [3.8, 4) is 0 Å². The third-order valence-electron chi connectivity index (χ3n) is 0. The van der Waals surface area contributed by atoms with Gasteiger partial charge in [-0.25, -0.2) is 0 Å². The second-order valence-electron chi connectivity index (χ2n) is 0. The summed E-state index contributed by atoms with van der Waals surface area (Å²) in [6.45, 7) is 0. The molecule has 0 bridgehead atoms. The normalized spacial score (nSPS) is 1.50. The summed E-state index contributed by atoms with van der Waals surface area (Å²) < 4.78 is 8.38. The molecule has 0 heterocycles. The van der Waals surface area contributed by atoms with E-state index in [1.807, 2.05) is 0 Å². The Balaban J connectivity index is -0.00000000500. The molecule has 0 aliphatic carbocycles. The van der Waals surface area contributed by atoms with Crippen LogP contribution in [0, 0.1) is 46.9 Å². The Morgan fingerprint density at radius 2 is 1.25 bits per heavy atom. The van der Waals surface area contributed by atoms with E-state index < -0.39 is 0 Å². The fraction of sp³-hybridized carbons (Fsp3) is 0. The van der Waals surface area contributed by atoms with E-state index in [0.717, 1.165) is 0 Å². The van der Waals surface area contributed by atoms with Gasteiger partial charge in [-0.3, -0.25) is 0 Å². The third-order valence-corrected chi connectivity index (χ3v) is 0. The van der Waals surface area contributed by atoms with Gasteiger partial charge in [0.05, 0.1) is 0 Å². The topological polar surface area (TPSA) is 17.1 Å². The zero-order chi connectivity index (χ0) is 2.00. The molecule has 0 aromatic carbocycles. The van der Waals surface area contributed by atoms with Crippen molar-refractivity contribution >= 4 is 25.8 Å². The predicted octanol–water partition coefficient (Wildman–Crippen LogP) is -1.31. The molecule has 0 aromatic heterocycles. The Morgan fingerprint density at radius 1 is 1.25 bits per heavy atom. The SMILES string of the molecule is [InH3].[O]=[Y].[Yb]. The van der Waals surface area contributed by atoms with Crippen LogP contribution in [-0.2, 0) is 33.1 Å². The Bertz CT molecular complexity index is 8.00. The van der Waals surface area contributed by atoms with Gasteiger partial charge in [0, 0.05) is 46.9 Å². The molecular weight excluding hydrogens is 393 g/mol. The zero-order valence-corrected chi connectivity index (χ0v) is 5.81. The Morgan fingerprint density at radius 3 is 1.25 bits per heavy atom. The molecule has 0 atom stereocenters. The minimum absolute atomic E-state index is 0. The first kappa shape index (κ1) is 15.7. The standard InChI is InChI=1S/In.O.Y.Yb.3H. The van der Waals surface area contributed by atoms with Gasteiger partial charge in [-0.1, -0.05) is 0 Å². The second-order valence-corrected chi connectivity index (χ2v) is 0. The minimum Gasteiger partial charge on any atom is 0 e. The molecule has 0 N–H and O–H groups in total. The summed E-state index contributed by atoms with van der Waals surface area (Å²) in [6.07, 6.45) is 0. The summed E-state index contributed by atoms with van der Waals surface area (Å²) in [7, 11) is 0. The number of hydrogen-bond donors (Lipinski definition) is 0. The average molecular weight is 396 g/mol. The molecule has 4 heavy (non-hydrogen) atoms. The van der Waals surface area contributed by atoms with Crippen molar-refractivity contribution in [1.29, 1.82) is 0 Å². The molecule has 1 nitrogen and oxygen atoms in total. The molecule has 0 unspecified atom stereocenters. The summed E-state index contributed by atoms with van der Waals surface area (Å²) in [5, 5.41) is 0. The third kappa shape index (κ3) is 9.00. The molecule has 0 rings (SSSR count). The molecule has 0 amide bonds. The number of hydrogen-bond acceptors (Lipinski definition) is 1. The molecular formula is H3InOYYb. The van der Waals surface area contributed by atoms with E-state index in [-0.39, 0.29) is 104 Å². The van der Waals surface area contributed by atoms with Gasteiger partial charge in [-0.05, 0) is 0 Å². The quantitative estimate of drug-likeness (QED) is 0.498. The van der Waals surface area contributed by atoms with Crippen LogP contribution in [0.1, 0.15) is 0 Å². The summed E-state index contributed by atoms with van der Waals surface area (Å²) in [5.41, 5.74) is 0. The fourth-order valence-electron chi connectivity index (χ4n) is 0. The summed E-state index contributed by atoms with van der Waals surface area (Å²) in [4.78, 5) is 0. The molecule has 29 valence electrons. The first-order chi connectivity index (χ1) is 1.00. The van der Waals surface area contributed by atoms with Gasteiger partial charge in [-0.15, -0.1) is 0 Å². The second kappa shape index (κ2) is 16.3.